The van der Waals surface area contributed by atoms with Gasteiger partial charge < -0.3 is 10.1 Å². The molecule has 0 saturated heterocycles. The Morgan fingerprint density at radius 1 is 1.38 bits per heavy atom. The number of ether oxygens (including phenoxy) is 1. The fourth-order valence-electron chi connectivity index (χ4n) is 1.05. The Morgan fingerprint density at radius 2 is 2.00 bits per heavy atom. The summed E-state index contributed by atoms with van der Waals surface area (Å²) in [6, 6.07) is 7.42. The van der Waals surface area contributed by atoms with Crippen molar-refractivity contribution in [3.8, 4) is 5.75 Å². The Kier molecular flexibility index (Phi) is 3.46. The summed E-state index contributed by atoms with van der Waals surface area (Å²) >= 11 is 0. The number of carbonyl (C=O) groups excluding carboxylic acids is 1. The van der Waals surface area contributed by atoms with E-state index in [0.717, 1.165) is 6.54 Å². The van der Waals surface area contributed by atoms with Crippen molar-refractivity contribution in [2.45, 2.75) is 13.5 Å². The molecule has 0 bridgehead atoms. The fraction of sp³-hybridized carbons (Fsp3) is 0.300. The van der Waals surface area contributed by atoms with Gasteiger partial charge in [0.1, 0.15) is 5.75 Å². The van der Waals surface area contributed by atoms with Gasteiger partial charge in [0, 0.05) is 13.5 Å². The summed E-state index contributed by atoms with van der Waals surface area (Å²) < 4.78 is 4.89. The molecule has 1 N–H and O–H groups in total. The molecule has 13 heavy (non-hydrogen) atoms. The molecule has 3 nitrogen and oxygen atoms in total. The fourth-order valence-corrected chi connectivity index (χ4v) is 1.05. The van der Waals surface area contributed by atoms with E-state index in [0.29, 0.717) is 5.75 Å². The summed E-state index contributed by atoms with van der Waals surface area (Å²) in [7, 11) is 1.89. The molecular weight excluding hydrogens is 166 g/mol. The minimum absolute atomic E-state index is 0.290. The second kappa shape index (κ2) is 4.62. The van der Waals surface area contributed by atoms with Gasteiger partial charge in [-0.25, -0.2) is 0 Å². The van der Waals surface area contributed by atoms with E-state index in [9.17, 15) is 4.79 Å². The molecule has 1 aromatic rings. The molecule has 0 saturated carbocycles. The van der Waals surface area contributed by atoms with Crippen LogP contribution in [0, 0.1) is 0 Å². The van der Waals surface area contributed by atoms with Gasteiger partial charge in [-0.1, -0.05) is 12.1 Å². The molecule has 0 aliphatic carbocycles. The van der Waals surface area contributed by atoms with Gasteiger partial charge in [-0.05, 0) is 24.7 Å². The van der Waals surface area contributed by atoms with E-state index in [1.54, 1.807) is 12.1 Å². The van der Waals surface area contributed by atoms with Gasteiger partial charge in [0.25, 0.3) is 0 Å². The third-order valence-corrected chi connectivity index (χ3v) is 1.57. The highest BCUT2D eigenvalue weighted by Crippen LogP contribution is 2.11. The Balaban J connectivity index is 2.64. The molecule has 0 atom stereocenters. The zero-order valence-corrected chi connectivity index (χ0v) is 7.83. The van der Waals surface area contributed by atoms with Crippen LogP contribution in [0.4, 0.5) is 0 Å². The summed E-state index contributed by atoms with van der Waals surface area (Å²) in [6.45, 7) is 2.21. The molecule has 0 radical (unpaired) electrons. The zero-order valence-electron chi connectivity index (χ0n) is 7.83. The third kappa shape index (κ3) is 3.25. The Bertz CT molecular complexity index is 279. The first-order valence-electron chi connectivity index (χ1n) is 4.14. The highest BCUT2D eigenvalue weighted by molar-refractivity contribution is 5.69. The molecule has 0 fully saturated rings. The summed E-state index contributed by atoms with van der Waals surface area (Å²) in [5.41, 5.74) is 1.17. The predicted molar refractivity (Wildman–Crippen MR) is 50.5 cm³/mol. The summed E-state index contributed by atoms with van der Waals surface area (Å²) in [4.78, 5) is 10.6. The molecule has 0 unspecified atom stereocenters. The molecule has 3 heteroatoms. The smallest absolute Gasteiger partial charge is 0.308 e. The maximum Gasteiger partial charge on any atom is 0.308 e. The van der Waals surface area contributed by atoms with Crippen LogP contribution in [0.1, 0.15) is 12.5 Å². The van der Waals surface area contributed by atoms with Crippen LogP contribution in [0.5, 0.6) is 5.75 Å². The normalized spacial score (nSPS) is 9.69. The number of hydrogen-bond donors (Lipinski definition) is 1. The standard InChI is InChI=1S/C10H13NO2/c1-8(12)13-10-5-3-9(4-6-10)7-11-2/h3-6,11H,7H2,1-2H3. The largest absolute Gasteiger partial charge is 0.427 e. The van der Waals surface area contributed by atoms with Gasteiger partial charge in [0.15, 0.2) is 0 Å². The molecule has 70 valence electrons. The van der Waals surface area contributed by atoms with E-state index in [-0.39, 0.29) is 5.97 Å². The topological polar surface area (TPSA) is 38.3 Å². The van der Waals surface area contributed by atoms with Crippen LogP contribution in [0.2, 0.25) is 0 Å². The second-order valence-electron chi connectivity index (χ2n) is 2.77. The number of carbonyl (C=O) groups is 1. The maximum absolute atomic E-state index is 10.6. The predicted octanol–water partition coefficient (Wildman–Crippen LogP) is 1.33. The molecular formula is C10H13NO2. The van der Waals surface area contributed by atoms with Gasteiger partial charge in [-0.2, -0.15) is 0 Å². The Morgan fingerprint density at radius 3 is 2.46 bits per heavy atom. The van der Waals surface area contributed by atoms with E-state index in [1.807, 2.05) is 19.2 Å². The first-order valence-corrected chi connectivity index (χ1v) is 4.14. The first-order chi connectivity index (χ1) is 6.22. The van der Waals surface area contributed by atoms with Gasteiger partial charge in [0.05, 0.1) is 0 Å². The highest BCUT2D eigenvalue weighted by atomic mass is 16.5. The lowest BCUT2D eigenvalue weighted by Gasteiger charge is -2.02. The minimum Gasteiger partial charge on any atom is -0.427 e. The second-order valence-corrected chi connectivity index (χ2v) is 2.77. The van der Waals surface area contributed by atoms with Crippen molar-refractivity contribution in [3.05, 3.63) is 29.8 Å². The minimum atomic E-state index is -0.290. The van der Waals surface area contributed by atoms with E-state index in [1.165, 1.54) is 12.5 Å². The van der Waals surface area contributed by atoms with Crippen molar-refractivity contribution in [2.75, 3.05) is 7.05 Å². The Hall–Kier alpha value is -1.35. The quantitative estimate of drug-likeness (QED) is 0.562. The van der Waals surface area contributed by atoms with Gasteiger partial charge in [-0.15, -0.1) is 0 Å². The van der Waals surface area contributed by atoms with E-state index in [4.69, 9.17) is 4.74 Å². The first kappa shape index (κ1) is 9.74. The van der Waals surface area contributed by atoms with Crippen molar-refractivity contribution in [3.63, 3.8) is 0 Å². The lowest BCUT2D eigenvalue weighted by Crippen LogP contribution is -2.05. The number of benzene rings is 1. The van der Waals surface area contributed by atoms with Crippen molar-refractivity contribution in [1.82, 2.24) is 5.32 Å². The van der Waals surface area contributed by atoms with Crippen LogP contribution >= 0.6 is 0 Å². The Labute approximate surface area is 77.7 Å². The van der Waals surface area contributed by atoms with E-state index in [2.05, 4.69) is 5.32 Å². The lowest BCUT2D eigenvalue weighted by molar-refractivity contribution is -0.131. The van der Waals surface area contributed by atoms with Crippen LogP contribution < -0.4 is 10.1 Å². The van der Waals surface area contributed by atoms with E-state index >= 15 is 0 Å². The molecule has 0 spiro atoms. The number of nitrogens with one attached hydrogen (secondary N) is 1. The lowest BCUT2D eigenvalue weighted by atomic mass is 10.2. The zero-order chi connectivity index (χ0) is 9.68. The molecule has 0 aliphatic heterocycles. The molecule has 0 aromatic heterocycles. The third-order valence-electron chi connectivity index (χ3n) is 1.57. The SMILES string of the molecule is CNCc1ccc(OC(C)=O)cc1. The van der Waals surface area contributed by atoms with Crippen LogP contribution in [0.15, 0.2) is 24.3 Å². The summed E-state index contributed by atoms with van der Waals surface area (Å²) in [6.07, 6.45) is 0. The summed E-state index contributed by atoms with van der Waals surface area (Å²) in [5.74, 6) is 0.300. The average molecular weight is 179 g/mol. The van der Waals surface area contributed by atoms with Gasteiger partial charge in [0.2, 0.25) is 0 Å². The average Bonchev–Trinajstić information content (AvgIpc) is 2.08. The molecule has 0 aliphatic rings. The molecule has 1 rings (SSSR count). The van der Waals surface area contributed by atoms with Crippen LogP contribution in [0.3, 0.4) is 0 Å². The van der Waals surface area contributed by atoms with Crippen molar-refractivity contribution < 1.29 is 9.53 Å². The summed E-state index contributed by atoms with van der Waals surface area (Å²) in [5, 5.41) is 3.04. The van der Waals surface area contributed by atoms with Crippen LogP contribution in [-0.2, 0) is 11.3 Å². The van der Waals surface area contributed by atoms with Gasteiger partial charge in [-0.3, -0.25) is 4.79 Å². The van der Waals surface area contributed by atoms with Gasteiger partial charge >= 0.3 is 5.97 Å². The number of esters is 1. The van der Waals surface area contributed by atoms with Crippen LogP contribution in [0.25, 0.3) is 0 Å². The van der Waals surface area contributed by atoms with Crippen molar-refractivity contribution >= 4 is 5.97 Å². The molecule has 0 heterocycles. The monoisotopic (exact) mass is 179 g/mol. The number of rotatable bonds is 3. The maximum atomic E-state index is 10.6. The van der Waals surface area contributed by atoms with Crippen LogP contribution in [-0.4, -0.2) is 13.0 Å². The van der Waals surface area contributed by atoms with E-state index < -0.39 is 0 Å². The molecule has 1 aromatic carbocycles. The van der Waals surface area contributed by atoms with Crippen molar-refractivity contribution in [2.24, 2.45) is 0 Å². The number of hydrogen-bond acceptors (Lipinski definition) is 3. The van der Waals surface area contributed by atoms with Crippen molar-refractivity contribution in [1.29, 1.82) is 0 Å². The molecule has 0 amide bonds. The highest BCUT2D eigenvalue weighted by Gasteiger charge is 1.97.